The number of benzene rings is 1. The van der Waals surface area contributed by atoms with E-state index in [0.29, 0.717) is 4.91 Å². The molecule has 0 unspecified atom stereocenters. The van der Waals surface area contributed by atoms with Gasteiger partial charge in [-0.3, -0.25) is 19.3 Å². The molecule has 1 fully saturated rings. The second-order valence-corrected chi connectivity index (χ2v) is 8.20. The Morgan fingerprint density at radius 3 is 2.52 bits per heavy atom. The van der Waals surface area contributed by atoms with Gasteiger partial charge < -0.3 is 9.30 Å². The van der Waals surface area contributed by atoms with E-state index in [1.165, 1.54) is 5.56 Å². The number of amides is 2. The SMILES string of the molecule is Cc1cc(/C=C2\SC(=O)N(CC(=O)OC(C)C)C2=O)c(C)n1Cc1ccccc1. The molecule has 7 heteroatoms. The van der Waals surface area contributed by atoms with Crippen LogP contribution >= 0.6 is 11.8 Å². The van der Waals surface area contributed by atoms with Crippen LogP contribution in [0.15, 0.2) is 41.3 Å². The molecule has 0 radical (unpaired) electrons. The number of aryl methyl sites for hydroxylation is 1. The average Bonchev–Trinajstić information content (AvgIpc) is 3.07. The standard InChI is InChI=1S/C22H24N2O4S/c1-14(2)28-20(25)13-24-21(26)19(29-22(24)27)11-18-10-15(3)23(16(18)4)12-17-8-6-5-7-9-17/h5-11,14H,12-13H2,1-4H3/b19-11-. The van der Waals surface area contributed by atoms with E-state index in [2.05, 4.69) is 16.7 Å². The number of thioether (sulfide) groups is 1. The lowest BCUT2D eigenvalue weighted by atomic mass is 10.2. The summed E-state index contributed by atoms with van der Waals surface area (Å²) in [6.07, 6.45) is 1.43. The maximum atomic E-state index is 12.6. The van der Waals surface area contributed by atoms with Crippen LogP contribution < -0.4 is 0 Å². The Hall–Kier alpha value is -2.80. The minimum absolute atomic E-state index is 0.298. The Bertz CT molecular complexity index is 976. The van der Waals surface area contributed by atoms with Crippen molar-refractivity contribution in [2.45, 2.75) is 40.3 Å². The highest BCUT2D eigenvalue weighted by Crippen LogP contribution is 2.33. The van der Waals surface area contributed by atoms with Crippen molar-refractivity contribution in [3.05, 3.63) is 63.8 Å². The normalized spacial score (nSPS) is 15.6. The molecule has 2 aromatic rings. The van der Waals surface area contributed by atoms with Crippen LogP contribution in [-0.2, 0) is 20.9 Å². The van der Waals surface area contributed by atoms with Crippen molar-refractivity contribution in [3.8, 4) is 0 Å². The molecule has 0 N–H and O–H groups in total. The van der Waals surface area contributed by atoms with Crippen LogP contribution in [0.5, 0.6) is 0 Å². The lowest BCUT2D eigenvalue weighted by Gasteiger charge is -2.13. The molecule has 0 saturated carbocycles. The number of hydrogen-bond acceptors (Lipinski definition) is 5. The molecule has 1 saturated heterocycles. The summed E-state index contributed by atoms with van der Waals surface area (Å²) in [5.41, 5.74) is 4.15. The van der Waals surface area contributed by atoms with Crippen LogP contribution in [0.1, 0.15) is 36.4 Å². The molecule has 1 aliphatic heterocycles. The molecule has 29 heavy (non-hydrogen) atoms. The molecular weight excluding hydrogens is 388 g/mol. The highest BCUT2D eigenvalue weighted by atomic mass is 32.2. The largest absolute Gasteiger partial charge is 0.462 e. The van der Waals surface area contributed by atoms with Gasteiger partial charge >= 0.3 is 5.97 Å². The zero-order valence-corrected chi connectivity index (χ0v) is 17.8. The average molecular weight is 413 g/mol. The number of aromatic nitrogens is 1. The lowest BCUT2D eigenvalue weighted by molar-refractivity contribution is -0.149. The van der Waals surface area contributed by atoms with Crippen LogP contribution in [0.25, 0.3) is 6.08 Å². The Morgan fingerprint density at radius 2 is 1.86 bits per heavy atom. The highest BCUT2D eigenvalue weighted by molar-refractivity contribution is 8.18. The molecule has 2 amide bonds. The third-order valence-corrected chi connectivity index (χ3v) is 5.52. The lowest BCUT2D eigenvalue weighted by Crippen LogP contribution is -2.35. The van der Waals surface area contributed by atoms with Gasteiger partial charge in [-0.25, -0.2) is 0 Å². The number of rotatable bonds is 6. The molecule has 2 heterocycles. The highest BCUT2D eigenvalue weighted by Gasteiger charge is 2.37. The molecular formula is C22H24N2O4S. The fraction of sp³-hybridized carbons (Fsp3) is 0.318. The van der Waals surface area contributed by atoms with Crippen molar-refractivity contribution in [3.63, 3.8) is 0 Å². The van der Waals surface area contributed by atoms with Crippen molar-refractivity contribution in [2.24, 2.45) is 0 Å². The molecule has 6 nitrogen and oxygen atoms in total. The number of hydrogen-bond donors (Lipinski definition) is 0. The summed E-state index contributed by atoms with van der Waals surface area (Å²) < 4.78 is 7.21. The molecule has 0 atom stereocenters. The van der Waals surface area contributed by atoms with Gasteiger partial charge in [-0.2, -0.15) is 0 Å². The molecule has 0 bridgehead atoms. The zero-order valence-electron chi connectivity index (χ0n) is 17.0. The van der Waals surface area contributed by atoms with Gasteiger partial charge in [-0.05, 0) is 62.7 Å². The van der Waals surface area contributed by atoms with E-state index in [9.17, 15) is 14.4 Å². The smallest absolute Gasteiger partial charge is 0.326 e. The van der Waals surface area contributed by atoms with Gasteiger partial charge in [-0.15, -0.1) is 0 Å². The van der Waals surface area contributed by atoms with Gasteiger partial charge in [0.25, 0.3) is 11.1 Å². The van der Waals surface area contributed by atoms with Crippen molar-refractivity contribution in [1.82, 2.24) is 9.47 Å². The van der Waals surface area contributed by atoms with E-state index in [4.69, 9.17) is 4.74 Å². The Kier molecular flexibility index (Phi) is 6.27. The van der Waals surface area contributed by atoms with Gasteiger partial charge in [0.1, 0.15) is 6.54 Å². The van der Waals surface area contributed by atoms with Gasteiger partial charge in [0.05, 0.1) is 11.0 Å². The predicted octanol–water partition coefficient (Wildman–Crippen LogP) is 4.14. The van der Waals surface area contributed by atoms with Crippen LogP contribution in [0.4, 0.5) is 4.79 Å². The van der Waals surface area contributed by atoms with E-state index in [0.717, 1.165) is 40.2 Å². The first-order valence-electron chi connectivity index (χ1n) is 9.41. The van der Waals surface area contributed by atoms with Crippen molar-refractivity contribution in [2.75, 3.05) is 6.54 Å². The Morgan fingerprint density at radius 1 is 1.17 bits per heavy atom. The van der Waals surface area contributed by atoms with Gasteiger partial charge in [-0.1, -0.05) is 30.3 Å². The van der Waals surface area contributed by atoms with Gasteiger partial charge in [0.2, 0.25) is 0 Å². The van der Waals surface area contributed by atoms with Crippen molar-refractivity contribution in [1.29, 1.82) is 0 Å². The number of carbonyl (C=O) groups is 3. The molecule has 1 aromatic carbocycles. The third-order valence-electron chi connectivity index (χ3n) is 4.61. The fourth-order valence-electron chi connectivity index (χ4n) is 3.19. The van der Waals surface area contributed by atoms with Crippen LogP contribution in [0.2, 0.25) is 0 Å². The minimum Gasteiger partial charge on any atom is -0.462 e. The Labute approximate surface area is 174 Å². The number of nitrogens with zero attached hydrogens (tertiary/aromatic N) is 2. The third kappa shape index (κ3) is 4.79. The molecule has 0 aliphatic carbocycles. The van der Waals surface area contributed by atoms with E-state index < -0.39 is 17.1 Å². The minimum atomic E-state index is -0.593. The summed E-state index contributed by atoms with van der Waals surface area (Å²) in [6, 6.07) is 12.1. The van der Waals surface area contributed by atoms with E-state index in [-0.39, 0.29) is 12.6 Å². The van der Waals surface area contributed by atoms with Crippen molar-refractivity contribution < 1.29 is 19.1 Å². The van der Waals surface area contributed by atoms with Crippen LogP contribution in [-0.4, -0.2) is 39.2 Å². The quantitative estimate of drug-likeness (QED) is 0.527. The molecule has 1 aromatic heterocycles. The second kappa shape index (κ2) is 8.69. The molecule has 1 aliphatic rings. The zero-order chi connectivity index (χ0) is 21.1. The Balaban J connectivity index is 1.80. The number of esters is 1. The predicted molar refractivity (Wildman–Crippen MR) is 113 cm³/mol. The molecule has 0 spiro atoms. The summed E-state index contributed by atoms with van der Waals surface area (Å²) in [5, 5.41) is -0.458. The van der Waals surface area contributed by atoms with Gasteiger partial charge in [0.15, 0.2) is 0 Å². The monoisotopic (exact) mass is 412 g/mol. The van der Waals surface area contributed by atoms with Gasteiger partial charge in [0, 0.05) is 17.9 Å². The fourth-order valence-corrected chi connectivity index (χ4v) is 4.02. The summed E-state index contributed by atoms with van der Waals surface area (Å²) >= 11 is 0.847. The van der Waals surface area contributed by atoms with E-state index in [1.807, 2.05) is 38.1 Å². The van der Waals surface area contributed by atoms with Crippen molar-refractivity contribution >= 4 is 35.0 Å². The number of ether oxygens (including phenoxy) is 1. The summed E-state index contributed by atoms with van der Waals surface area (Å²) in [4.78, 5) is 37.9. The maximum absolute atomic E-state index is 12.6. The van der Waals surface area contributed by atoms with Crippen LogP contribution in [0.3, 0.4) is 0 Å². The summed E-state index contributed by atoms with van der Waals surface area (Å²) in [6.45, 7) is 7.81. The molecule has 152 valence electrons. The number of imide groups is 1. The summed E-state index contributed by atoms with van der Waals surface area (Å²) in [5.74, 6) is -1.06. The first-order valence-corrected chi connectivity index (χ1v) is 10.2. The molecule has 3 rings (SSSR count). The van der Waals surface area contributed by atoms with E-state index >= 15 is 0 Å². The number of carbonyl (C=O) groups excluding carboxylic acids is 3. The van der Waals surface area contributed by atoms with E-state index in [1.54, 1.807) is 19.9 Å². The topological polar surface area (TPSA) is 68.6 Å². The maximum Gasteiger partial charge on any atom is 0.326 e. The first-order chi connectivity index (χ1) is 13.8. The second-order valence-electron chi connectivity index (χ2n) is 7.20. The van der Waals surface area contributed by atoms with Crippen LogP contribution in [0, 0.1) is 13.8 Å². The first kappa shape index (κ1) is 20.9. The summed E-state index contributed by atoms with van der Waals surface area (Å²) in [7, 11) is 0.